The Kier molecular flexibility index (Phi) is 9.02. The second kappa shape index (κ2) is 12.8. The van der Waals surface area contributed by atoms with Gasteiger partial charge >= 0.3 is 0 Å². The molecule has 0 fully saturated rings. The van der Waals surface area contributed by atoms with Crippen LogP contribution < -0.4 is 16.1 Å². The standard InChI is InChI=1S/C28H34N6O2/c1-20(22-9-5-4-6-10-22)32-27-24-17-25(33-28(24)31-19-30-27)23-14-12-21(13-15-23)18-29-16-8-3-2-7-11-26(35)34-36/h4-6,9-10,12-15,17,19-20,29,36H,2-3,7-8,11,16,18H2,1H3,(H,34,35)(H2,30,31,32,33)/t20-/m1/s1. The van der Waals surface area contributed by atoms with Gasteiger partial charge in [0.05, 0.1) is 5.39 Å². The number of hydrogen-bond donors (Lipinski definition) is 5. The maximum absolute atomic E-state index is 11.0. The number of hydrogen-bond acceptors (Lipinski definition) is 6. The molecule has 2 heterocycles. The average Bonchev–Trinajstić information content (AvgIpc) is 3.36. The van der Waals surface area contributed by atoms with Crippen molar-refractivity contribution in [3.8, 4) is 11.3 Å². The van der Waals surface area contributed by atoms with Gasteiger partial charge in [0.1, 0.15) is 17.8 Å². The molecule has 5 N–H and O–H groups in total. The van der Waals surface area contributed by atoms with Gasteiger partial charge in [-0.25, -0.2) is 15.4 Å². The highest BCUT2D eigenvalue weighted by Gasteiger charge is 2.12. The van der Waals surface area contributed by atoms with E-state index in [1.807, 2.05) is 18.2 Å². The van der Waals surface area contributed by atoms with Crippen LogP contribution in [0, 0.1) is 0 Å². The third-order valence-corrected chi connectivity index (χ3v) is 6.30. The summed E-state index contributed by atoms with van der Waals surface area (Å²) in [7, 11) is 0. The Morgan fingerprint density at radius 2 is 1.78 bits per heavy atom. The number of benzene rings is 2. The zero-order valence-electron chi connectivity index (χ0n) is 20.6. The maximum Gasteiger partial charge on any atom is 0.243 e. The average molecular weight is 487 g/mol. The number of rotatable bonds is 13. The molecule has 0 aliphatic carbocycles. The molecule has 0 bridgehead atoms. The van der Waals surface area contributed by atoms with Crippen LogP contribution in [0.4, 0.5) is 5.82 Å². The lowest BCUT2D eigenvalue weighted by Crippen LogP contribution is -2.17. The second-order valence-corrected chi connectivity index (χ2v) is 9.02. The van der Waals surface area contributed by atoms with Crippen molar-refractivity contribution in [1.29, 1.82) is 0 Å². The fraction of sp³-hybridized carbons (Fsp3) is 0.321. The normalized spacial score (nSPS) is 11.9. The quantitative estimate of drug-likeness (QED) is 0.0989. The molecule has 0 aliphatic heterocycles. The molecule has 0 aliphatic rings. The van der Waals surface area contributed by atoms with Crippen molar-refractivity contribution in [1.82, 2.24) is 25.7 Å². The number of aromatic nitrogens is 3. The molecule has 188 valence electrons. The number of carbonyl (C=O) groups is 1. The van der Waals surface area contributed by atoms with Gasteiger partial charge in [-0.05, 0) is 49.1 Å². The first-order chi connectivity index (χ1) is 17.6. The molecule has 0 saturated carbocycles. The van der Waals surface area contributed by atoms with E-state index in [1.54, 1.807) is 11.8 Å². The summed E-state index contributed by atoms with van der Waals surface area (Å²) in [6, 6.07) is 21.1. The number of aromatic amines is 1. The molecule has 0 unspecified atom stereocenters. The Balaban J connectivity index is 1.29. The first-order valence-electron chi connectivity index (χ1n) is 12.5. The predicted molar refractivity (Wildman–Crippen MR) is 143 cm³/mol. The predicted octanol–water partition coefficient (Wildman–Crippen LogP) is 5.34. The Hall–Kier alpha value is -3.75. The molecule has 1 amide bonds. The number of unbranched alkanes of at least 4 members (excludes halogenated alkanes) is 3. The molecule has 0 saturated heterocycles. The second-order valence-electron chi connectivity index (χ2n) is 9.02. The number of fused-ring (bicyclic) bond motifs is 1. The third-order valence-electron chi connectivity index (χ3n) is 6.30. The molecule has 8 nitrogen and oxygen atoms in total. The zero-order chi connectivity index (χ0) is 25.2. The van der Waals surface area contributed by atoms with E-state index < -0.39 is 0 Å². The summed E-state index contributed by atoms with van der Waals surface area (Å²) in [6.07, 6.45) is 5.88. The lowest BCUT2D eigenvalue weighted by atomic mass is 10.1. The van der Waals surface area contributed by atoms with Gasteiger partial charge in [-0.1, -0.05) is 67.4 Å². The lowest BCUT2D eigenvalue weighted by Gasteiger charge is -2.15. The lowest BCUT2D eigenvalue weighted by molar-refractivity contribution is -0.129. The molecular formula is C28H34N6O2. The van der Waals surface area contributed by atoms with Crippen molar-refractivity contribution in [3.63, 3.8) is 0 Å². The largest absolute Gasteiger partial charge is 0.363 e. The highest BCUT2D eigenvalue weighted by Crippen LogP contribution is 2.29. The van der Waals surface area contributed by atoms with Gasteiger partial charge < -0.3 is 15.6 Å². The van der Waals surface area contributed by atoms with Crippen LogP contribution in [0.25, 0.3) is 22.3 Å². The van der Waals surface area contributed by atoms with E-state index in [1.165, 1.54) is 11.1 Å². The molecular weight excluding hydrogens is 452 g/mol. The molecule has 4 rings (SSSR count). The number of nitrogens with one attached hydrogen (secondary N) is 4. The summed E-state index contributed by atoms with van der Waals surface area (Å²) in [4.78, 5) is 23.3. The molecule has 8 heteroatoms. The number of carbonyl (C=O) groups excluding carboxylic acids is 1. The first kappa shape index (κ1) is 25.3. The minimum absolute atomic E-state index is 0.127. The number of nitrogens with zero attached hydrogens (tertiary/aromatic N) is 2. The highest BCUT2D eigenvalue weighted by molar-refractivity contribution is 5.91. The van der Waals surface area contributed by atoms with Crippen molar-refractivity contribution >= 4 is 22.8 Å². The summed E-state index contributed by atoms with van der Waals surface area (Å²) in [5.41, 5.74) is 7.03. The van der Waals surface area contributed by atoms with Crippen LogP contribution in [0.15, 0.2) is 67.0 Å². The third kappa shape index (κ3) is 6.90. The summed E-state index contributed by atoms with van der Waals surface area (Å²) in [5, 5.41) is 16.5. The van der Waals surface area contributed by atoms with Crippen molar-refractivity contribution < 1.29 is 10.0 Å². The van der Waals surface area contributed by atoms with Gasteiger partial charge in [0.15, 0.2) is 0 Å². The number of anilines is 1. The fourth-order valence-electron chi connectivity index (χ4n) is 4.22. The summed E-state index contributed by atoms with van der Waals surface area (Å²) in [5.74, 6) is 0.503. The van der Waals surface area contributed by atoms with Crippen LogP contribution in [0.3, 0.4) is 0 Å². The van der Waals surface area contributed by atoms with E-state index >= 15 is 0 Å². The van der Waals surface area contributed by atoms with Crippen LogP contribution in [0.2, 0.25) is 0 Å². The summed E-state index contributed by atoms with van der Waals surface area (Å²) in [6.45, 7) is 3.88. The zero-order valence-corrected chi connectivity index (χ0v) is 20.6. The van der Waals surface area contributed by atoms with E-state index in [0.717, 1.165) is 66.9 Å². The molecule has 2 aromatic heterocycles. The summed E-state index contributed by atoms with van der Waals surface area (Å²) < 4.78 is 0. The summed E-state index contributed by atoms with van der Waals surface area (Å²) >= 11 is 0. The smallest absolute Gasteiger partial charge is 0.243 e. The Morgan fingerprint density at radius 3 is 2.56 bits per heavy atom. The Labute approximate surface area is 211 Å². The Morgan fingerprint density at radius 1 is 1.00 bits per heavy atom. The molecule has 0 radical (unpaired) electrons. The van der Waals surface area contributed by atoms with Gasteiger partial charge in [-0.2, -0.15) is 0 Å². The first-order valence-corrected chi connectivity index (χ1v) is 12.5. The van der Waals surface area contributed by atoms with Crippen LogP contribution in [0.5, 0.6) is 0 Å². The van der Waals surface area contributed by atoms with Crippen LogP contribution in [0.1, 0.15) is 56.2 Å². The number of hydroxylamine groups is 1. The molecule has 4 aromatic rings. The van der Waals surface area contributed by atoms with Gasteiger partial charge in [-0.15, -0.1) is 0 Å². The minimum Gasteiger partial charge on any atom is -0.363 e. The van der Waals surface area contributed by atoms with Crippen LogP contribution in [-0.2, 0) is 11.3 Å². The van der Waals surface area contributed by atoms with Gasteiger partial charge in [0, 0.05) is 24.7 Å². The molecule has 0 spiro atoms. The van der Waals surface area contributed by atoms with Gasteiger partial charge in [0.2, 0.25) is 5.91 Å². The van der Waals surface area contributed by atoms with Gasteiger partial charge in [0.25, 0.3) is 0 Å². The van der Waals surface area contributed by atoms with Crippen LogP contribution >= 0.6 is 0 Å². The highest BCUT2D eigenvalue weighted by atomic mass is 16.5. The monoisotopic (exact) mass is 486 g/mol. The Bertz CT molecular complexity index is 1240. The molecule has 1 atom stereocenters. The number of amides is 1. The molecule has 36 heavy (non-hydrogen) atoms. The van der Waals surface area contributed by atoms with E-state index in [0.29, 0.717) is 6.42 Å². The van der Waals surface area contributed by atoms with E-state index in [2.05, 4.69) is 75.0 Å². The minimum atomic E-state index is -0.313. The van der Waals surface area contributed by atoms with Crippen LogP contribution in [-0.4, -0.2) is 32.6 Å². The van der Waals surface area contributed by atoms with Crippen molar-refractivity contribution in [2.45, 2.75) is 51.6 Å². The molecule has 2 aromatic carbocycles. The van der Waals surface area contributed by atoms with Crippen molar-refractivity contribution in [3.05, 3.63) is 78.1 Å². The van der Waals surface area contributed by atoms with Gasteiger partial charge in [-0.3, -0.25) is 10.0 Å². The van der Waals surface area contributed by atoms with Crippen molar-refractivity contribution in [2.75, 3.05) is 11.9 Å². The van der Waals surface area contributed by atoms with E-state index in [-0.39, 0.29) is 11.9 Å². The van der Waals surface area contributed by atoms with E-state index in [9.17, 15) is 4.79 Å². The SMILES string of the molecule is C[C@@H](Nc1ncnc2[nH]c(-c3ccc(CNCCCCCCC(=O)NO)cc3)cc12)c1ccccc1. The van der Waals surface area contributed by atoms with Crippen molar-refractivity contribution in [2.24, 2.45) is 0 Å². The number of H-pyrrole nitrogens is 1. The topological polar surface area (TPSA) is 115 Å². The van der Waals surface area contributed by atoms with E-state index in [4.69, 9.17) is 5.21 Å². The maximum atomic E-state index is 11.0. The fourth-order valence-corrected chi connectivity index (χ4v) is 4.22.